The molecule has 2 heterocycles. The molecule has 3 heteroatoms. The highest BCUT2D eigenvalue weighted by molar-refractivity contribution is 5.53. The minimum Gasteiger partial charge on any atom is -0.352 e. The molecule has 0 N–H and O–H groups in total. The van der Waals surface area contributed by atoms with Crippen molar-refractivity contribution < 1.29 is 0 Å². The summed E-state index contributed by atoms with van der Waals surface area (Å²) < 4.78 is 0. The first-order valence-corrected chi connectivity index (χ1v) is 7.49. The van der Waals surface area contributed by atoms with Crippen LogP contribution in [0.2, 0.25) is 0 Å². The summed E-state index contributed by atoms with van der Waals surface area (Å²) in [5.74, 6) is 2.11. The minimum atomic E-state index is 0.916. The summed E-state index contributed by atoms with van der Waals surface area (Å²) in [7, 11) is 0. The molecule has 1 aliphatic carbocycles. The van der Waals surface area contributed by atoms with Gasteiger partial charge in [-0.15, -0.1) is 0 Å². The fourth-order valence-corrected chi connectivity index (χ4v) is 3.47. The van der Waals surface area contributed by atoms with Gasteiger partial charge in [-0.2, -0.15) is 0 Å². The summed E-state index contributed by atoms with van der Waals surface area (Å²) >= 11 is 0. The summed E-state index contributed by atoms with van der Waals surface area (Å²) in [6, 6.07) is 8.77. The van der Waals surface area contributed by atoms with Gasteiger partial charge in [-0.25, -0.2) is 9.97 Å². The van der Waals surface area contributed by atoms with E-state index in [1.165, 1.54) is 34.6 Å². The van der Waals surface area contributed by atoms with Crippen molar-refractivity contribution in [2.75, 3.05) is 11.4 Å². The Hall–Kier alpha value is -1.90. The smallest absolute Gasteiger partial charge is 0.136 e. The van der Waals surface area contributed by atoms with E-state index in [0.29, 0.717) is 0 Å². The number of nitrogens with zero attached hydrogens (tertiary/aromatic N) is 3. The summed E-state index contributed by atoms with van der Waals surface area (Å²) in [5.41, 5.74) is 5.62. The molecule has 0 bridgehead atoms. The molecule has 0 atom stereocenters. The number of fused-ring (bicyclic) bond motifs is 2. The van der Waals surface area contributed by atoms with Gasteiger partial charge in [0.15, 0.2) is 0 Å². The molecule has 102 valence electrons. The molecule has 0 saturated carbocycles. The lowest BCUT2D eigenvalue weighted by molar-refractivity contribution is 0.711. The lowest BCUT2D eigenvalue weighted by atomic mass is 9.99. The molecule has 0 spiro atoms. The van der Waals surface area contributed by atoms with Crippen molar-refractivity contribution in [3.8, 4) is 0 Å². The number of hydrogen-bond donors (Lipinski definition) is 0. The fourth-order valence-electron chi connectivity index (χ4n) is 3.47. The van der Waals surface area contributed by atoms with E-state index in [4.69, 9.17) is 4.98 Å². The van der Waals surface area contributed by atoms with E-state index in [0.717, 1.165) is 38.2 Å². The molecule has 2 aromatic rings. The van der Waals surface area contributed by atoms with Crippen LogP contribution in [-0.4, -0.2) is 16.5 Å². The Labute approximate surface area is 119 Å². The SMILES string of the molecule is Cc1nc2c(c(N3CCc4ccccc4C3)n1)CCC2. The van der Waals surface area contributed by atoms with E-state index < -0.39 is 0 Å². The van der Waals surface area contributed by atoms with E-state index in [-0.39, 0.29) is 0 Å². The first-order chi connectivity index (χ1) is 9.81. The van der Waals surface area contributed by atoms with Gasteiger partial charge in [-0.05, 0) is 43.7 Å². The molecule has 1 aromatic heterocycles. The highest BCUT2D eigenvalue weighted by Crippen LogP contribution is 2.31. The molecular formula is C17H19N3. The van der Waals surface area contributed by atoms with Gasteiger partial charge in [-0.3, -0.25) is 0 Å². The van der Waals surface area contributed by atoms with Crippen molar-refractivity contribution in [1.82, 2.24) is 9.97 Å². The van der Waals surface area contributed by atoms with Gasteiger partial charge in [-0.1, -0.05) is 24.3 Å². The summed E-state index contributed by atoms with van der Waals surface area (Å²) in [6.07, 6.45) is 4.61. The number of aromatic nitrogens is 2. The minimum absolute atomic E-state index is 0.916. The molecule has 2 aliphatic rings. The number of benzene rings is 1. The van der Waals surface area contributed by atoms with Crippen LogP contribution in [0.25, 0.3) is 0 Å². The molecule has 3 nitrogen and oxygen atoms in total. The maximum absolute atomic E-state index is 4.76. The highest BCUT2D eigenvalue weighted by atomic mass is 15.2. The second-order valence-corrected chi connectivity index (χ2v) is 5.81. The van der Waals surface area contributed by atoms with Crippen LogP contribution in [0.4, 0.5) is 5.82 Å². The van der Waals surface area contributed by atoms with Gasteiger partial charge in [0.1, 0.15) is 11.6 Å². The van der Waals surface area contributed by atoms with Crippen LogP contribution < -0.4 is 4.90 Å². The van der Waals surface area contributed by atoms with Gasteiger partial charge in [0.25, 0.3) is 0 Å². The number of rotatable bonds is 1. The normalized spacial score (nSPS) is 16.9. The van der Waals surface area contributed by atoms with E-state index in [9.17, 15) is 0 Å². The molecule has 1 aromatic carbocycles. The first kappa shape index (κ1) is 11.9. The Balaban J connectivity index is 1.73. The van der Waals surface area contributed by atoms with Crippen LogP contribution in [0.15, 0.2) is 24.3 Å². The Morgan fingerprint density at radius 2 is 1.85 bits per heavy atom. The van der Waals surface area contributed by atoms with Crippen molar-refractivity contribution in [3.05, 3.63) is 52.5 Å². The average Bonchev–Trinajstić information content (AvgIpc) is 2.94. The van der Waals surface area contributed by atoms with Gasteiger partial charge in [0.05, 0.1) is 0 Å². The zero-order chi connectivity index (χ0) is 13.5. The van der Waals surface area contributed by atoms with Crippen molar-refractivity contribution in [3.63, 3.8) is 0 Å². The Morgan fingerprint density at radius 3 is 2.75 bits per heavy atom. The third kappa shape index (κ3) is 1.89. The van der Waals surface area contributed by atoms with Crippen LogP contribution >= 0.6 is 0 Å². The maximum atomic E-state index is 4.76. The van der Waals surface area contributed by atoms with Crippen LogP contribution in [0.1, 0.15) is 34.6 Å². The average molecular weight is 265 g/mol. The van der Waals surface area contributed by atoms with Crippen LogP contribution in [0, 0.1) is 6.92 Å². The van der Waals surface area contributed by atoms with Crippen LogP contribution in [0.5, 0.6) is 0 Å². The first-order valence-electron chi connectivity index (χ1n) is 7.49. The summed E-state index contributed by atoms with van der Waals surface area (Å²) in [4.78, 5) is 11.8. The second kappa shape index (κ2) is 4.58. The third-order valence-electron chi connectivity index (χ3n) is 4.45. The summed E-state index contributed by atoms with van der Waals surface area (Å²) in [6.45, 7) is 4.07. The van der Waals surface area contributed by atoms with Gasteiger partial charge < -0.3 is 4.90 Å². The van der Waals surface area contributed by atoms with Crippen molar-refractivity contribution in [1.29, 1.82) is 0 Å². The molecular weight excluding hydrogens is 246 g/mol. The zero-order valence-corrected chi connectivity index (χ0v) is 11.9. The molecule has 0 fully saturated rings. The molecule has 1 aliphatic heterocycles. The number of hydrogen-bond acceptors (Lipinski definition) is 3. The van der Waals surface area contributed by atoms with Gasteiger partial charge >= 0.3 is 0 Å². The maximum Gasteiger partial charge on any atom is 0.136 e. The Morgan fingerprint density at radius 1 is 1.00 bits per heavy atom. The number of anilines is 1. The van der Waals surface area contributed by atoms with Crippen LogP contribution in [-0.2, 0) is 25.8 Å². The summed E-state index contributed by atoms with van der Waals surface area (Å²) in [5, 5.41) is 0. The fraction of sp³-hybridized carbons (Fsp3) is 0.412. The third-order valence-corrected chi connectivity index (χ3v) is 4.45. The zero-order valence-electron chi connectivity index (χ0n) is 11.9. The Kier molecular flexibility index (Phi) is 2.72. The van der Waals surface area contributed by atoms with E-state index >= 15 is 0 Å². The lowest BCUT2D eigenvalue weighted by Crippen LogP contribution is -2.32. The molecule has 20 heavy (non-hydrogen) atoms. The standard InChI is InChI=1S/C17H19N3/c1-12-18-16-8-4-7-15(16)17(19-12)20-10-9-13-5-2-3-6-14(13)11-20/h2-3,5-6H,4,7-11H2,1H3. The second-order valence-electron chi connectivity index (χ2n) is 5.81. The highest BCUT2D eigenvalue weighted by Gasteiger charge is 2.24. The molecule has 0 saturated heterocycles. The number of aryl methyl sites for hydroxylation is 2. The quantitative estimate of drug-likeness (QED) is 0.794. The van der Waals surface area contributed by atoms with Crippen molar-refractivity contribution in [2.24, 2.45) is 0 Å². The van der Waals surface area contributed by atoms with Gasteiger partial charge in [0.2, 0.25) is 0 Å². The monoisotopic (exact) mass is 265 g/mol. The predicted octanol–water partition coefficient (Wildman–Crippen LogP) is 2.84. The van der Waals surface area contributed by atoms with E-state index in [2.05, 4.69) is 34.1 Å². The van der Waals surface area contributed by atoms with Crippen molar-refractivity contribution in [2.45, 2.75) is 39.2 Å². The molecule has 4 rings (SSSR count). The molecule has 0 unspecified atom stereocenters. The molecule has 0 radical (unpaired) electrons. The van der Waals surface area contributed by atoms with Crippen LogP contribution in [0.3, 0.4) is 0 Å². The molecule has 0 amide bonds. The van der Waals surface area contributed by atoms with E-state index in [1.54, 1.807) is 0 Å². The van der Waals surface area contributed by atoms with Gasteiger partial charge in [0, 0.05) is 24.3 Å². The topological polar surface area (TPSA) is 29.0 Å². The van der Waals surface area contributed by atoms with E-state index in [1.807, 2.05) is 6.92 Å². The lowest BCUT2D eigenvalue weighted by Gasteiger charge is -2.31. The largest absolute Gasteiger partial charge is 0.352 e. The predicted molar refractivity (Wildman–Crippen MR) is 80.0 cm³/mol. The van der Waals surface area contributed by atoms with Crippen molar-refractivity contribution >= 4 is 5.82 Å². The Bertz CT molecular complexity index is 663.